The molecule has 0 radical (unpaired) electrons. The Morgan fingerprint density at radius 3 is 2.46 bits per heavy atom. The van der Waals surface area contributed by atoms with Crippen molar-refractivity contribution >= 4 is 29.2 Å². The number of amides is 4. The first-order chi connectivity index (χ1) is 12.6. The van der Waals surface area contributed by atoms with E-state index in [2.05, 4.69) is 12.1 Å². The molecule has 4 rings (SSSR count). The Bertz CT molecular complexity index is 849. The second-order valence-electron chi connectivity index (χ2n) is 6.51. The molecule has 26 heavy (non-hydrogen) atoms. The molecule has 0 aliphatic carbocycles. The van der Waals surface area contributed by atoms with Crippen LogP contribution in [0.4, 0.5) is 4.79 Å². The summed E-state index contributed by atoms with van der Waals surface area (Å²) < 4.78 is 0. The quantitative estimate of drug-likeness (QED) is 0.598. The minimum atomic E-state index is -0.722. The van der Waals surface area contributed by atoms with E-state index >= 15 is 0 Å². The van der Waals surface area contributed by atoms with E-state index in [4.69, 9.17) is 0 Å². The number of fused-ring (bicyclic) bond motifs is 1. The van der Waals surface area contributed by atoms with Crippen LogP contribution in [0, 0.1) is 0 Å². The van der Waals surface area contributed by atoms with Gasteiger partial charge in [0.25, 0.3) is 0 Å². The largest absolute Gasteiger partial charge is 0.335 e. The molecular formula is C19H19N3O3S. The molecule has 0 atom stereocenters. The number of rotatable bonds is 5. The van der Waals surface area contributed by atoms with Crippen LogP contribution in [0.5, 0.6) is 0 Å². The molecule has 0 spiro atoms. The number of thiophene rings is 1. The van der Waals surface area contributed by atoms with Crippen LogP contribution >= 0.6 is 11.3 Å². The highest BCUT2D eigenvalue weighted by Crippen LogP contribution is 2.21. The van der Waals surface area contributed by atoms with Gasteiger partial charge >= 0.3 is 17.8 Å². The number of hydrogen-bond donors (Lipinski definition) is 0. The number of benzene rings is 1. The molecule has 3 heterocycles. The lowest BCUT2D eigenvalue weighted by molar-refractivity contribution is -0.144. The van der Waals surface area contributed by atoms with Crippen molar-refractivity contribution in [3.05, 3.63) is 57.8 Å². The third kappa shape index (κ3) is 3.15. The Balaban J connectivity index is 1.41. The predicted molar refractivity (Wildman–Crippen MR) is 97.4 cm³/mol. The average Bonchev–Trinajstić information content (AvgIpc) is 3.24. The molecule has 0 bridgehead atoms. The number of hydrogen-bond acceptors (Lipinski definition) is 5. The number of urea groups is 1. The van der Waals surface area contributed by atoms with E-state index in [9.17, 15) is 14.4 Å². The van der Waals surface area contributed by atoms with Crippen LogP contribution in [0.3, 0.4) is 0 Å². The van der Waals surface area contributed by atoms with Crippen LogP contribution in [0.15, 0.2) is 41.8 Å². The molecular weight excluding hydrogens is 350 g/mol. The molecule has 1 saturated heterocycles. The zero-order valence-corrected chi connectivity index (χ0v) is 15.1. The molecule has 4 amide bonds. The summed E-state index contributed by atoms with van der Waals surface area (Å²) in [5, 5.41) is 1.95. The molecule has 1 aromatic heterocycles. The van der Waals surface area contributed by atoms with Crippen molar-refractivity contribution in [2.75, 3.05) is 19.8 Å². The van der Waals surface area contributed by atoms with Gasteiger partial charge in [-0.15, -0.1) is 11.3 Å². The van der Waals surface area contributed by atoms with Crippen molar-refractivity contribution < 1.29 is 14.4 Å². The molecule has 0 N–H and O–H groups in total. The van der Waals surface area contributed by atoms with Crippen LogP contribution in [0.25, 0.3) is 0 Å². The molecule has 0 saturated carbocycles. The normalized spacial score (nSPS) is 17.9. The molecule has 2 aromatic rings. The van der Waals surface area contributed by atoms with Crippen molar-refractivity contribution in [2.24, 2.45) is 0 Å². The summed E-state index contributed by atoms with van der Waals surface area (Å²) in [6.07, 6.45) is 1.45. The topological polar surface area (TPSA) is 60.9 Å². The van der Waals surface area contributed by atoms with E-state index in [1.807, 2.05) is 34.5 Å². The van der Waals surface area contributed by atoms with E-state index < -0.39 is 17.8 Å². The van der Waals surface area contributed by atoms with E-state index in [1.165, 1.54) is 11.1 Å². The summed E-state index contributed by atoms with van der Waals surface area (Å²) in [6, 6.07) is 11.6. The average molecular weight is 369 g/mol. The van der Waals surface area contributed by atoms with Crippen molar-refractivity contribution in [3.8, 4) is 0 Å². The predicted octanol–water partition coefficient (Wildman–Crippen LogP) is 2.10. The van der Waals surface area contributed by atoms with Crippen LogP contribution < -0.4 is 0 Å². The summed E-state index contributed by atoms with van der Waals surface area (Å²) in [4.78, 5) is 42.4. The summed E-state index contributed by atoms with van der Waals surface area (Å²) in [5.74, 6) is -1.44. The van der Waals surface area contributed by atoms with Crippen molar-refractivity contribution in [2.45, 2.75) is 19.4 Å². The zero-order valence-electron chi connectivity index (χ0n) is 14.3. The minimum Gasteiger partial charge on any atom is -0.281 e. The van der Waals surface area contributed by atoms with Gasteiger partial charge in [-0.25, -0.2) is 9.69 Å². The Morgan fingerprint density at radius 2 is 1.69 bits per heavy atom. The number of carbonyl (C=O) groups is 3. The Hall–Kier alpha value is -2.51. The SMILES string of the molecule is O=C1C(=O)N(CN2CCc3ccccc3C2)C(=O)N1CCc1cccs1. The lowest BCUT2D eigenvalue weighted by Crippen LogP contribution is -2.44. The Morgan fingerprint density at radius 1 is 0.923 bits per heavy atom. The van der Waals surface area contributed by atoms with Crippen LogP contribution in [0.2, 0.25) is 0 Å². The van der Waals surface area contributed by atoms with Gasteiger partial charge in [0.05, 0.1) is 6.67 Å². The monoisotopic (exact) mass is 369 g/mol. The Labute approximate surface area is 155 Å². The van der Waals surface area contributed by atoms with Crippen LogP contribution in [-0.4, -0.2) is 52.3 Å². The Kier molecular flexibility index (Phi) is 4.57. The van der Waals surface area contributed by atoms with Crippen molar-refractivity contribution in [3.63, 3.8) is 0 Å². The molecule has 1 aromatic carbocycles. The van der Waals surface area contributed by atoms with E-state index in [1.54, 1.807) is 11.3 Å². The molecule has 2 aliphatic rings. The minimum absolute atomic E-state index is 0.160. The highest BCUT2D eigenvalue weighted by atomic mass is 32.1. The van der Waals surface area contributed by atoms with E-state index in [-0.39, 0.29) is 13.2 Å². The molecule has 7 heteroatoms. The third-order valence-corrected chi connectivity index (χ3v) is 5.78. The molecule has 1 fully saturated rings. The van der Waals surface area contributed by atoms with Gasteiger partial charge in [0.2, 0.25) is 0 Å². The first-order valence-electron chi connectivity index (χ1n) is 8.62. The number of carbonyl (C=O) groups excluding carboxylic acids is 3. The summed E-state index contributed by atoms with van der Waals surface area (Å²) >= 11 is 1.58. The molecule has 134 valence electrons. The van der Waals surface area contributed by atoms with Gasteiger partial charge < -0.3 is 0 Å². The maximum absolute atomic E-state index is 12.6. The molecule has 6 nitrogen and oxygen atoms in total. The second kappa shape index (κ2) is 7.01. The first kappa shape index (κ1) is 16.9. The van der Waals surface area contributed by atoms with Gasteiger partial charge in [0.1, 0.15) is 0 Å². The van der Waals surface area contributed by atoms with Gasteiger partial charge in [-0.2, -0.15) is 0 Å². The van der Waals surface area contributed by atoms with E-state index in [0.717, 1.165) is 27.6 Å². The van der Waals surface area contributed by atoms with Gasteiger partial charge in [-0.05, 0) is 29.0 Å². The molecule has 0 unspecified atom stereocenters. The standard InChI is InChI=1S/C19H19N3O3S/c23-17-18(24)22(19(25)21(17)10-8-16-6-3-11-26-16)13-20-9-7-14-4-1-2-5-15(14)12-20/h1-6,11H,7-10,12-13H2. The molecule has 2 aliphatic heterocycles. The summed E-state index contributed by atoms with van der Waals surface area (Å²) in [7, 11) is 0. The van der Waals surface area contributed by atoms with E-state index in [0.29, 0.717) is 13.0 Å². The second-order valence-corrected chi connectivity index (χ2v) is 7.55. The maximum atomic E-state index is 12.6. The summed E-state index contributed by atoms with van der Waals surface area (Å²) in [5.41, 5.74) is 2.51. The van der Waals surface area contributed by atoms with Gasteiger partial charge in [-0.1, -0.05) is 30.3 Å². The third-order valence-electron chi connectivity index (χ3n) is 4.85. The fourth-order valence-electron chi connectivity index (χ4n) is 3.42. The summed E-state index contributed by atoms with van der Waals surface area (Å²) in [6.45, 7) is 1.84. The smallest absolute Gasteiger partial charge is 0.281 e. The highest BCUT2D eigenvalue weighted by molar-refractivity contribution is 7.09. The van der Waals surface area contributed by atoms with Crippen molar-refractivity contribution in [1.82, 2.24) is 14.7 Å². The number of imide groups is 2. The highest BCUT2D eigenvalue weighted by Gasteiger charge is 2.44. The van der Waals surface area contributed by atoms with Gasteiger partial charge in [-0.3, -0.25) is 19.4 Å². The van der Waals surface area contributed by atoms with Gasteiger partial charge in [0, 0.05) is 30.9 Å². The van der Waals surface area contributed by atoms with Crippen molar-refractivity contribution in [1.29, 1.82) is 0 Å². The first-order valence-corrected chi connectivity index (χ1v) is 9.50. The maximum Gasteiger partial charge on any atom is 0.335 e. The lowest BCUT2D eigenvalue weighted by atomic mass is 10.0. The van der Waals surface area contributed by atoms with Gasteiger partial charge in [0.15, 0.2) is 0 Å². The van der Waals surface area contributed by atoms with Crippen LogP contribution in [0.1, 0.15) is 16.0 Å². The fourth-order valence-corrected chi connectivity index (χ4v) is 4.12. The number of nitrogens with zero attached hydrogens (tertiary/aromatic N) is 3. The van der Waals surface area contributed by atoms with Crippen LogP contribution in [-0.2, 0) is 29.0 Å². The lowest BCUT2D eigenvalue weighted by Gasteiger charge is -2.30. The fraction of sp³-hybridized carbons (Fsp3) is 0.316. The zero-order chi connectivity index (χ0) is 18.1.